The number of hydrogen-bond acceptors (Lipinski definition) is 7. The highest BCUT2D eigenvalue weighted by molar-refractivity contribution is 6.13. The molecule has 0 aromatic heterocycles. The highest BCUT2D eigenvalue weighted by Gasteiger charge is 2.23. The Kier molecular flexibility index (Phi) is 10.3. The minimum atomic E-state index is -1.08. The molecule has 1 saturated heterocycles. The molecule has 4 rings (SSSR count). The van der Waals surface area contributed by atoms with E-state index in [1.54, 1.807) is 13.1 Å². The normalized spacial score (nSPS) is 13.8. The number of rotatable bonds is 11. The Balaban J connectivity index is 0.000000224. The van der Waals surface area contributed by atoms with Gasteiger partial charge in [0.1, 0.15) is 0 Å². The van der Waals surface area contributed by atoms with E-state index in [4.69, 9.17) is 19.4 Å². The molecule has 1 aliphatic heterocycles. The molecule has 1 unspecified atom stereocenters. The van der Waals surface area contributed by atoms with Crippen LogP contribution in [0.15, 0.2) is 96.2 Å². The number of carbonyl (C=O) groups is 3. The van der Waals surface area contributed by atoms with E-state index < -0.39 is 17.9 Å². The molecule has 0 spiro atoms. The van der Waals surface area contributed by atoms with Gasteiger partial charge in [-0.05, 0) is 47.4 Å². The third-order valence-electron chi connectivity index (χ3n) is 5.88. The fourth-order valence-corrected chi connectivity index (χ4v) is 3.54. The van der Waals surface area contributed by atoms with Gasteiger partial charge in [0.25, 0.3) is 0 Å². The zero-order chi connectivity index (χ0) is 28.4. The van der Waals surface area contributed by atoms with Crippen molar-refractivity contribution in [3.63, 3.8) is 0 Å². The summed E-state index contributed by atoms with van der Waals surface area (Å²) in [4.78, 5) is 38.1. The average molecular weight is 530 g/mol. The van der Waals surface area contributed by atoms with Crippen LogP contribution in [0.3, 0.4) is 0 Å². The summed E-state index contributed by atoms with van der Waals surface area (Å²) < 4.78 is 9.88. The topological polar surface area (TPSA) is 115 Å². The number of carboxylic acid groups (broad SMARTS) is 1. The minimum Gasteiger partial charge on any atom is -0.478 e. The molecule has 39 heavy (non-hydrogen) atoms. The van der Waals surface area contributed by atoms with Crippen molar-refractivity contribution in [3.05, 3.63) is 96.6 Å². The van der Waals surface area contributed by atoms with Gasteiger partial charge in [0, 0.05) is 28.7 Å². The second-order valence-corrected chi connectivity index (χ2v) is 9.02. The first-order valence-corrected chi connectivity index (χ1v) is 12.4. The summed E-state index contributed by atoms with van der Waals surface area (Å²) in [5, 5.41) is 16.7. The van der Waals surface area contributed by atoms with Gasteiger partial charge in [-0.2, -0.15) is 0 Å². The molecule has 1 aliphatic rings. The number of hydrogen-bond donors (Lipinski definition) is 1. The number of ether oxygens (including phenoxy) is 2. The first-order chi connectivity index (χ1) is 18.7. The number of aliphatic carboxylic acids is 1. The first kappa shape index (κ1) is 29.0. The number of fused-ring (bicyclic) bond motifs is 2. The molecule has 1 N–H and O–H groups in total. The summed E-state index contributed by atoms with van der Waals surface area (Å²) in [6.45, 7) is 12.8. The molecule has 0 saturated carbocycles. The largest absolute Gasteiger partial charge is 0.478 e. The lowest BCUT2D eigenvalue weighted by atomic mass is 9.97. The molecule has 1 atom stereocenters. The van der Waals surface area contributed by atoms with Gasteiger partial charge in [0.2, 0.25) is 0 Å². The number of carboxylic acids is 1. The van der Waals surface area contributed by atoms with Gasteiger partial charge in [0.05, 0.1) is 25.5 Å². The molecular weight excluding hydrogens is 498 g/mol. The quantitative estimate of drug-likeness (QED) is 0.0640. The fraction of sp³-hybridized carbons (Fsp3) is 0.226. The van der Waals surface area contributed by atoms with Crippen LogP contribution in [-0.4, -0.2) is 48.5 Å². The Morgan fingerprint density at radius 1 is 0.974 bits per heavy atom. The van der Waals surface area contributed by atoms with Gasteiger partial charge >= 0.3 is 17.9 Å². The van der Waals surface area contributed by atoms with Crippen molar-refractivity contribution in [3.8, 4) is 0 Å². The smallest absolute Gasteiger partial charge is 0.360 e. The van der Waals surface area contributed by atoms with Crippen LogP contribution in [0.25, 0.3) is 21.5 Å². The van der Waals surface area contributed by atoms with Gasteiger partial charge < -0.3 is 19.4 Å². The number of esters is 1. The number of carbonyl (C=O) groups excluding carboxylic acids is 2. The molecule has 0 aliphatic carbocycles. The number of nitrogens with zero attached hydrogens (tertiary/aromatic N) is 1. The summed E-state index contributed by atoms with van der Waals surface area (Å²) in [6, 6.07) is 18.3. The van der Waals surface area contributed by atoms with E-state index in [0.29, 0.717) is 17.6 Å². The lowest BCUT2D eigenvalue weighted by Crippen LogP contribution is -2.11. The monoisotopic (exact) mass is 529 g/mol. The van der Waals surface area contributed by atoms with Crippen molar-refractivity contribution in [1.82, 2.24) is 0 Å². The Labute approximate surface area is 226 Å². The Morgan fingerprint density at radius 2 is 1.56 bits per heavy atom. The zero-order valence-electron chi connectivity index (χ0n) is 21.9. The molecule has 3 aromatic rings. The van der Waals surface area contributed by atoms with Crippen molar-refractivity contribution < 1.29 is 33.8 Å². The summed E-state index contributed by atoms with van der Waals surface area (Å²) in [7, 11) is 0. The van der Waals surface area contributed by atoms with Crippen LogP contribution in [0.5, 0.6) is 0 Å². The summed E-state index contributed by atoms with van der Waals surface area (Å²) >= 11 is 0. The van der Waals surface area contributed by atoms with Crippen molar-refractivity contribution in [2.45, 2.75) is 32.3 Å². The summed E-state index contributed by atoms with van der Waals surface area (Å²) in [6.07, 6.45) is 3.29. The van der Waals surface area contributed by atoms with Crippen LogP contribution < -0.4 is 0 Å². The molecule has 8 heteroatoms. The average Bonchev–Trinajstić information content (AvgIpc) is 3.76. The minimum absolute atomic E-state index is 0.0168. The molecule has 1 heterocycles. The van der Waals surface area contributed by atoms with E-state index in [9.17, 15) is 14.4 Å². The number of oxime groups is 1. The Bertz CT molecular complexity index is 1400. The Hall–Kier alpha value is -4.56. The number of epoxide rings is 1. The van der Waals surface area contributed by atoms with Crippen molar-refractivity contribution in [2.24, 2.45) is 5.16 Å². The maximum absolute atomic E-state index is 11.4. The van der Waals surface area contributed by atoms with Crippen molar-refractivity contribution in [1.29, 1.82) is 0 Å². The van der Waals surface area contributed by atoms with Gasteiger partial charge in [-0.25, -0.2) is 14.4 Å². The van der Waals surface area contributed by atoms with Crippen LogP contribution >= 0.6 is 0 Å². The lowest BCUT2D eigenvalue weighted by molar-refractivity contribution is -0.140. The molecular formula is C31H31NO7. The van der Waals surface area contributed by atoms with E-state index in [1.165, 1.54) is 0 Å². The predicted molar refractivity (Wildman–Crippen MR) is 150 cm³/mol. The molecule has 1 fully saturated rings. The highest BCUT2D eigenvalue weighted by Crippen LogP contribution is 2.27. The summed E-state index contributed by atoms with van der Waals surface area (Å²) in [5.74, 6) is -2.09. The van der Waals surface area contributed by atoms with E-state index in [1.807, 2.05) is 36.4 Å². The predicted octanol–water partition coefficient (Wildman–Crippen LogP) is 5.74. The molecule has 0 amide bonds. The van der Waals surface area contributed by atoms with Gasteiger partial charge in [0.15, 0.2) is 0 Å². The van der Waals surface area contributed by atoms with Gasteiger partial charge in [-0.1, -0.05) is 73.4 Å². The van der Waals surface area contributed by atoms with Crippen LogP contribution in [0.1, 0.15) is 31.7 Å². The van der Waals surface area contributed by atoms with Crippen LogP contribution in [0.4, 0.5) is 0 Å². The number of benzene rings is 3. The molecule has 202 valence electrons. The third-order valence-corrected chi connectivity index (χ3v) is 5.88. The third kappa shape index (κ3) is 8.76. The standard InChI is InChI=1S/C19H15NO2.C12H16O5/c1-13(2)19(21)22-20-12-18-16-9-5-3-7-14(16)11-15-8-4-6-10-17(15)18;1-8(11(13)14)5-6-16-12(15)9(2)3-4-10-7-17-10/h3-12H,1H2,2H3;10H,1-7H2,(H,13,14). The zero-order valence-corrected chi connectivity index (χ0v) is 21.9. The summed E-state index contributed by atoms with van der Waals surface area (Å²) in [5.41, 5.74) is 1.67. The van der Waals surface area contributed by atoms with Crippen LogP contribution in [-0.2, 0) is 28.7 Å². The van der Waals surface area contributed by atoms with Crippen molar-refractivity contribution in [2.75, 3.05) is 13.2 Å². The van der Waals surface area contributed by atoms with E-state index >= 15 is 0 Å². The molecule has 0 bridgehead atoms. The second-order valence-electron chi connectivity index (χ2n) is 9.02. The molecule has 3 aromatic carbocycles. The van der Waals surface area contributed by atoms with Gasteiger partial charge in [-0.15, -0.1) is 0 Å². The van der Waals surface area contributed by atoms with Crippen molar-refractivity contribution >= 4 is 45.7 Å². The van der Waals surface area contributed by atoms with E-state index in [2.05, 4.69) is 43.1 Å². The fourth-order valence-electron chi connectivity index (χ4n) is 3.54. The SMILES string of the molecule is C=C(C)C(=O)ON=Cc1c2ccccc2cc2ccccc12.C=C(CCOC(=O)C(=C)CCC1CO1)C(=O)O. The van der Waals surface area contributed by atoms with E-state index in [-0.39, 0.29) is 24.7 Å². The van der Waals surface area contributed by atoms with Crippen LogP contribution in [0, 0.1) is 0 Å². The van der Waals surface area contributed by atoms with E-state index in [0.717, 1.165) is 40.1 Å². The van der Waals surface area contributed by atoms with Crippen LogP contribution in [0.2, 0.25) is 0 Å². The lowest BCUT2D eigenvalue weighted by Gasteiger charge is -2.07. The van der Waals surface area contributed by atoms with Gasteiger partial charge in [-0.3, -0.25) is 0 Å². The Morgan fingerprint density at radius 3 is 2.10 bits per heavy atom. The maximum atomic E-state index is 11.4. The maximum Gasteiger partial charge on any atom is 0.360 e. The second kappa shape index (κ2) is 13.8. The molecule has 8 nitrogen and oxygen atoms in total. The highest BCUT2D eigenvalue weighted by atomic mass is 16.7. The first-order valence-electron chi connectivity index (χ1n) is 12.4. The molecule has 0 radical (unpaired) electrons.